The third-order valence-electron chi connectivity index (χ3n) is 2.87. The number of nitrogens with two attached hydrogens (primary N) is 1. The molecule has 0 aliphatic heterocycles. The van der Waals surface area contributed by atoms with E-state index < -0.39 is 5.91 Å². The van der Waals surface area contributed by atoms with Crippen LogP contribution in [0.5, 0.6) is 0 Å². The first-order chi connectivity index (χ1) is 11.5. The summed E-state index contributed by atoms with van der Waals surface area (Å²) >= 11 is 0. The normalized spacial score (nSPS) is 11.2. The largest absolute Gasteiger partial charge is 0.366 e. The van der Waals surface area contributed by atoms with E-state index >= 15 is 0 Å². The summed E-state index contributed by atoms with van der Waals surface area (Å²) in [4.78, 5) is 24.0. The summed E-state index contributed by atoms with van der Waals surface area (Å²) in [6, 6.07) is 8.57. The van der Waals surface area contributed by atoms with E-state index in [9.17, 15) is 4.79 Å². The predicted molar refractivity (Wildman–Crippen MR) is 94.4 cm³/mol. The molecule has 8 nitrogen and oxygen atoms in total. The second-order valence-corrected chi connectivity index (χ2v) is 5.00. The fourth-order valence-corrected chi connectivity index (χ4v) is 1.89. The number of aromatic nitrogens is 2. The third-order valence-corrected chi connectivity index (χ3v) is 2.87. The Morgan fingerprint density at radius 2 is 2.08 bits per heavy atom. The number of rotatable bonds is 6. The van der Waals surface area contributed by atoms with Gasteiger partial charge < -0.3 is 16.5 Å². The van der Waals surface area contributed by atoms with E-state index in [2.05, 4.69) is 32.3 Å². The van der Waals surface area contributed by atoms with Gasteiger partial charge in [0.25, 0.3) is 5.91 Å². The van der Waals surface area contributed by atoms with Gasteiger partial charge in [0.05, 0.1) is 11.3 Å². The molecule has 0 fully saturated rings. The third kappa shape index (κ3) is 4.62. The van der Waals surface area contributed by atoms with Gasteiger partial charge in [-0.05, 0) is 18.2 Å². The molecular weight excluding hydrogens is 306 g/mol. The lowest BCUT2D eigenvalue weighted by molar-refractivity contribution is 0.100. The molecule has 0 aliphatic rings. The lowest BCUT2D eigenvalue weighted by atomic mass is 10.1. The highest BCUT2D eigenvalue weighted by Crippen LogP contribution is 2.21. The van der Waals surface area contributed by atoms with Gasteiger partial charge in [0.1, 0.15) is 18.0 Å². The van der Waals surface area contributed by atoms with Crippen molar-refractivity contribution in [3.8, 4) is 0 Å². The molecule has 0 saturated heterocycles. The van der Waals surface area contributed by atoms with E-state index in [-0.39, 0.29) is 0 Å². The number of hydrogen-bond donors (Lipinski definition) is 3. The molecule has 0 unspecified atom stereocenters. The molecule has 0 atom stereocenters. The second-order valence-electron chi connectivity index (χ2n) is 5.00. The van der Waals surface area contributed by atoms with Crippen molar-refractivity contribution in [1.82, 2.24) is 20.4 Å². The van der Waals surface area contributed by atoms with Crippen molar-refractivity contribution in [1.29, 1.82) is 0 Å². The highest BCUT2D eigenvalue weighted by atomic mass is 16.1. The van der Waals surface area contributed by atoms with Crippen molar-refractivity contribution in [2.45, 2.75) is 0 Å². The molecule has 0 spiro atoms. The molecule has 8 heteroatoms. The van der Waals surface area contributed by atoms with Crippen molar-refractivity contribution in [2.75, 3.05) is 19.4 Å². The molecule has 2 rings (SSSR count). The molecule has 124 valence electrons. The van der Waals surface area contributed by atoms with Crippen LogP contribution < -0.4 is 16.5 Å². The number of para-hydroxylation sites is 1. The summed E-state index contributed by atoms with van der Waals surface area (Å²) in [5, 5.41) is 4.79. The van der Waals surface area contributed by atoms with Crippen LogP contribution >= 0.6 is 0 Å². The summed E-state index contributed by atoms with van der Waals surface area (Å²) in [5.41, 5.74) is 9.31. The van der Waals surface area contributed by atoms with Crippen LogP contribution in [0, 0.1) is 0 Å². The fourth-order valence-electron chi connectivity index (χ4n) is 1.89. The van der Waals surface area contributed by atoms with Crippen LogP contribution in [-0.4, -0.2) is 40.8 Å². The van der Waals surface area contributed by atoms with Crippen LogP contribution in [0.4, 0.5) is 17.3 Å². The van der Waals surface area contributed by atoms with Gasteiger partial charge in [-0.3, -0.25) is 4.79 Å². The zero-order valence-electron chi connectivity index (χ0n) is 13.5. The number of aliphatic imine (C=N–C) groups is 1. The molecule has 1 aromatic carbocycles. The maximum Gasteiger partial charge on any atom is 0.250 e. The summed E-state index contributed by atoms with van der Waals surface area (Å²) in [6.45, 7) is 3.70. The van der Waals surface area contributed by atoms with Gasteiger partial charge in [0, 0.05) is 20.2 Å². The number of anilines is 2. The summed E-state index contributed by atoms with van der Waals surface area (Å²) in [5.74, 6) is 0.954. The van der Waals surface area contributed by atoms with Crippen molar-refractivity contribution < 1.29 is 4.79 Å². The van der Waals surface area contributed by atoms with Gasteiger partial charge in [0.2, 0.25) is 0 Å². The minimum atomic E-state index is -0.519. The van der Waals surface area contributed by atoms with Crippen LogP contribution in [0.1, 0.15) is 10.4 Å². The van der Waals surface area contributed by atoms with Crippen molar-refractivity contribution in [3.63, 3.8) is 0 Å². The molecule has 1 amide bonds. The number of hydrazine groups is 1. The molecule has 0 radical (unpaired) electrons. The number of benzene rings is 1. The maximum atomic E-state index is 11.5. The number of amides is 1. The first kappa shape index (κ1) is 17.1. The second kappa shape index (κ2) is 7.84. The van der Waals surface area contributed by atoms with Crippen LogP contribution in [0.3, 0.4) is 0 Å². The van der Waals surface area contributed by atoms with Gasteiger partial charge in [-0.1, -0.05) is 18.7 Å². The van der Waals surface area contributed by atoms with Crippen LogP contribution in [0.2, 0.25) is 0 Å². The Hall–Kier alpha value is -3.26. The summed E-state index contributed by atoms with van der Waals surface area (Å²) in [6.07, 6.45) is 2.96. The van der Waals surface area contributed by atoms with Crippen LogP contribution in [0.15, 0.2) is 54.3 Å². The number of primary amides is 1. The Balaban J connectivity index is 2.27. The molecular formula is C16H19N7O. The van der Waals surface area contributed by atoms with Gasteiger partial charge in [-0.25, -0.2) is 20.0 Å². The van der Waals surface area contributed by atoms with E-state index in [1.54, 1.807) is 41.4 Å². The Morgan fingerprint density at radius 3 is 2.75 bits per heavy atom. The molecule has 0 aliphatic carbocycles. The number of amidine groups is 1. The van der Waals surface area contributed by atoms with Gasteiger partial charge in [-0.2, -0.15) is 0 Å². The van der Waals surface area contributed by atoms with E-state index in [0.717, 1.165) is 0 Å². The zero-order valence-corrected chi connectivity index (χ0v) is 13.5. The van der Waals surface area contributed by atoms with E-state index in [1.807, 2.05) is 14.1 Å². The topological polar surface area (TPSA) is 109 Å². The monoisotopic (exact) mass is 325 g/mol. The lowest BCUT2D eigenvalue weighted by Crippen LogP contribution is -2.34. The van der Waals surface area contributed by atoms with Crippen molar-refractivity contribution in [2.24, 2.45) is 10.7 Å². The Morgan fingerprint density at radius 1 is 1.33 bits per heavy atom. The summed E-state index contributed by atoms with van der Waals surface area (Å²) < 4.78 is 0. The lowest BCUT2D eigenvalue weighted by Gasteiger charge is -2.13. The minimum absolute atomic E-state index is 0.377. The quantitative estimate of drug-likeness (QED) is 0.423. The molecule has 4 N–H and O–H groups in total. The Kier molecular flexibility index (Phi) is 5.58. The Bertz CT molecular complexity index is 771. The number of nitrogens with one attached hydrogen (secondary N) is 2. The smallest absolute Gasteiger partial charge is 0.250 e. The number of hydrogen-bond acceptors (Lipinski definition) is 6. The molecule has 1 heterocycles. The van der Waals surface area contributed by atoms with E-state index in [1.165, 1.54) is 6.33 Å². The average Bonchev–Trinajstić information content (AvgIpc) is 2.54. The van der Waals surface area contributed by atoms with Gasteiger partial charge in [0.15, 0.2) is 5.82 Å². The molecule has 2 aromatic rings. The van der Waals surface area contributed by atoms with E-state index in [4.69, 9.17) is 5.73 Å². The number of carbonyl (C=O) groups is 1. The SMILES string of the molecule is C=CC(=Nc1cc(Nc2ccccc2C(N)=O)ncn1)NN(C)C. The first-order valence-corrected chi connectivity index (χ1v) is 7.12. The highest BCUT2D eigenvalue weighted by molar-refractivity contribution is 5.99. The fraction of sp³-hybridized carbons (Fsp3) is 0.125. The Labute approximate surface area is 140 Å². The van der Waals surface area contributed by atoms with E-state index in [0.29, 0.717) is 28.7 Å². The maximum absolute atomic E-state index is 11.5. The average molecular weight is 325 g/mol. The van der Waals surface area contributed by atoms with Crippen LogP contribution in [0.25, 0.3) is 0 Å². The predicted octanol–water partition coefficient (Wildman–Crippen LogP) is 1.60. The standard InChI is InChI=1S/C16H19N7O/c1-4-13(22-23(2)3)21-15-9-14(18-10-19-15)20-12-8-6-5-7-11(12)16(17)24/h4-10H,1H2,2-3H3,(H2,17,24)(H2,18,19,20,21,22). The first-order valence-electron chi connectivity index (χ1n) is 7.12. The minimum Gasteiger partial charge on any atom is -0.366 e. The molecule has 24 heavy (non-hydrogen) atoms. The molecule has 0 bridgehead atoms. The van der Waals surface area contributed by atoms with Gasteiger partial charge in [-0.15, -0.1) is 0 Å². The van der Waals surface area contributed by atoms with Crippen LogP contribution in [-0.2, 0) is 0 Å². The zero-order chi connectivity index (χ0) is 17.5. The summed E-state index contributed by atoms with van der Waals surface area (Å²) in [7, 11) is 3.68. The van der Waals surface area contributed by atoms with Gasteiger partial charge >= 0.3 is 0 Å². The van der Waals surface area contributed by atoms with Crippen molar-refractivity contribution in [3.05, 3.63) is 54.9 Å². The molecule has 1 aromatic heterocycles. The number of carbonyl (C=O) groups excluding carboxylic acids is 1. The molecule has 0 saturated carbocycles. The highest BCUT2D eigenvalue weighted by Gasteiger charge is 2.08. The van der Waals surface area contributed by atoms with Crippen molar-refractivity contribution >= 4 is 29.1 Å². The number of nitrogens with zero attached hydrogens (tertiary/aromatic N) is 4.